The van der Waals surface area contributed by atoms with Crippen LogP contribution in [0.15, 0.2) is 39.8 Å². The standard InChI is InChI=1S/C10H7Br2Cl/c11-10(12)3-1-2-8-4-6-9(13)7-5-8/h1-7H/b2-1+. The zero-order chi connectivity index (χ0) is 9.68. The fourth-order valence-corrected chi connectivity index (χ4v) is 1.24. The molecule has 0 nitrogen and oxygen atoms in total. The first-order valence-electron chi connectivity index (χ1n) is 3.63. The number of rotatable bonds is 2. The SMILES string of the molecule is Clc1ccc(/C=C/C=C(Br)Br)cc1. The highest BCUT2D eigenvalue weighted by atomic mass is 79.9. The molecule has 1 rings (SSSR count). The minimum absolute atomic E-state index is 0.759. The van der Waals surface area contributed by atoms with E-state index in [2.05, 4.69) is 31.9 Å². The molecule has 0 saturated heterocycles. The molecule has 0 spiro atoms. The third-order valence-corrected chi connectivity index (χ3v) is 2.16. The van der Waals surface area contributed by atoms with Crippen molar-refractivity contribution in [3.05, 3.63) is 50.4 Å². The summed E-state index contributed by atoms with van der Waals surface area (Å²) in [5.41, 5.74) is 1.13. The molecule has 0 atom stereocenters. The molecule has 3 heteroatoms. The molecule has 0 aliphatic carbocycles. The third-order valence-electron chi connectivity index (χ3n) is 1.38. The van der Waals surface area contributed by atoms with Crippen molar-refractivity contribution >= 4 is 49.5 Å². The molecule has 0 saturated carbocycles. The Labute approximate surface area is 99.6 Å². The van der Waals surface area contributed by atoms with Crippen LogP contribution in [0.2, 0.25) is 5.02 Å². The van der Waals surface area contributed by atoms with E-state index in [0.717, 1.165) is 14.0 Å². The van der Waals surface area contributed by atoms with Crippen molar-refractivity contribution in [3.8, 4) is 0 Å². The van der Waals surface area contributed by atoms with Gasteiger partial charge in [0, 0.05) is 5.02 Å². The average Bonchev–Trinajstić information content (AvgIpc) is 2.08. The highest BCUT2D eigenvalue weighted by molar-refractivity contribution is 9.28. The zero-order valence-corrected chi connectivity index (χ0v) is 10.6. The van der Waals surface area contributed by atoms with Crippen LogP contribution in [0.5, 0.6) is 0 Å². The van der Waals surface area contributed by atoms with Crippen molar-refractivity contribution in [1.29, 1.82) is 0 Å². The molecular formula is C10H7Br2Cl. The summed E-state index contributed by atoms with van der Waals surface area (Å²) in [6.07, 6.45) is 5.86. The lowest BCUT2D eigenvalue weighted by atomic mass is 10.2. The van der Waals surface area contributed by atoms with Crippen LogP contribution in [0, 0.1) is 0 Å². The number of halogens is 3. The van der Waals surface area contributed by atoms with Crippen molar-refractivity contribution in [2.45, 2.75) is 0 Å². The second-order valence-electron chi connectivity index (χ2n) is 2.37. The third kappa shape index (κ3) is 4.65. The summed E-state index contributed by atoms with van der Waals surface area (Å²) in [5, 5.41) is 0.759. The predicted molar refractivity (Wildman–Crippen MR) is 66.4 cm³/mol. The quantitative estimate of drug-likeness (QED) is 0.673. The largest absolute Gasteiger partial charge is 0.0843 e. The van der Waals surface area contributed by atoms with E-state index in [1.54, 1.807) is 0 Å². The van der Waals surface area contributed by atoms with Gasteiger partial charge in [-0.25, -0.2) is 0 Å². The maximum atomic E-state index is 5.75. The van der Waals surface area contributed by atoms with Gasteiger partial charge < -0.3 is 0 Å². The molecule has 0 radical (unpaired) electrons. The highest BCUT2D eigenvalue weighted by Gasteiger charge is 1.86. The fraction of sp³-hybridized carbons (Fsp3) is 0. The molecule has 0 unspecified atom stereocenters. The van der Waals surface area contributed by atoms with Crippen molar-refractivity contribution in [1.82, 2.24) is 0 Å². The van der Waals surface area contributed by atoms with Crippen LogP contribution in [0.3, 0.4) is 0 Å². The van der Waals surface area contributed by atoms with Gasteiger partial charge in [0.25, 0.3) is 0 Å². The molecule has 0 aromatic heterocycles. The Balaban J connectivity index is 2.70. The first-order chi connectivity index (χ1) is 6.18. The van der Waals surface area contributed by atoms with E-state index in [1.165, 1.54) is 0 Å². The molecular weight excluding hydrogens is 315 g/mol. The van der Waals surface area contributed by atoms with Gasteiger partial charge >= 0.3 is 0 Å². The Hall–Kier alpha value is -0.0500. The molecule has 0 heterocycles. The lowest BCUT2D eigenvalue weighted by Gasteiger charge is -1.91. The Morgan fingerprint density at radius 2 is 1.77 bits per heavy atom. The van der Waals surface area contributed by atoms with Crippen LogP contribution in [-0.4, -0.2) is 0 Å². The minimum Gasteiger partial charge on any atom is -0.0843 e. The van der Waals surface area contributed by atoms with Crippen molar-refractivity contribution in [2.75, 3.05) is 0 Å². The van der Waals surface area contributed by atoms with E-state index in [1.807, 2.05) is 42.5 Å². The molecule has 0 fully saturated rings. The first-order valence-corrected chi connectivity index (χ1v) is 5.60. The van der Waals surface area contributed by atoms with Crippen LogP contribution in [0.4, 0.5) is 0 Å². The second-order valence-corrected chi connectivity index (χ2v) is 5.58. The second kappa shape index (κ2) is 5.63. The van der Waals surface area contributed by atoms with Gasteiger partial charge in [-0.3, -0.25) is 0 Å². The summed E-state index contributed by atoms with van der Waals surface area (Å²) in [4.78, 5) is 0. The Morgan fingerprint density at radius 1 is 1.15 bits per heavy atom. The maximum absolute atomic E-state index is 5.75. The highest BCUT2D eigenvalue weighted by Crippen LogP contribution is 2.14. The molecule has 13 heavy (non-hydrogen) atoms. The molecule has 0 N–H and O–H groups in total. The topological polar surface area (TPSA) is 0 Å². The molecule has 0 amide bonds. The lowest BCUT2D eigenvalue weighted by molar-refractivity contribution is 1.66. The van der Waals surface area contributed by atoms with Crippen LogP contribution >= 0.6 is 43.5 Å². The summed E-state index contributed by atoms with van der Waals surface area (Å²) in [6.45, 7) is 0. The van der Waals surface area contributed by atoms with E-state index < -0.39 is 0 Å². The van der Waals surface area contributed by atoms with E-state index in [0.29, 0.717) is 0 Å². The van der Waals surface area contributed by atoms with Gasteiger partial charge in [0.05, 0.1) is 3.39 Å². The van der Waals surface area contributed by atoms with Gasteiger partial charge in [-0.05, 0) is 55.6 Å². The van der Waals surface area contributed by atoms with Gasteiger partial charge in [-0.1, -0.05) is 35.9 Å². The maximum Gasteiger partial charge on any atom is 0.0604 e. The van der Waals surface area contributed by atoms with E-state index in [9.17, 15) is 0 Å². The number of hydrogen-bond donors (Lipinski definition) is 0. The van der Waals surface area contributed by atoms with Gasteiger partial charge in [-0.2, -0.15) is 0 Å². The first kappa shape index (κ1) is 11.0. The molecule has 0 bridgehead atoms. The van der Waals surface area contributed by atoms with Crippen LogP contribution in [0.1, 0.15) is 5.56 Å². The van der Waals surface area contributed by atoms with Gasteiger partial charge in [0.2, 0.25) is 0 Å². The van der Waals surface area contributed by atoms with Gasteiger partial charge in [-0.15, -0.1) is 0 Å². The molecule has 1 aromatic rings. The Bertz CT molecular complexity index is 321. The summed E-state index contributed by atoms with van der Waals surface area (Å²) >= 11 is 12.3. The number of allylic oxidation sites excluding steroid dienone is 2. The van der Waals surface area contributed by atoms with E-state index in [4.69, 9.17) is 11.6 Å². The van der Waals surface area contributed by atoms with E-state index in [-0.39, 0.29) is 0 Å². The molecule has 68 valence electrons. The predicted octanol–water partition coefficient (Wildman–Crippen LogP) is 4.98. The monoisotopic (exact) mass is 320 g/mol. The average molecular weight is 322 g/mol. The minimum atomic E-state index is 0.759. The zero-order valence-electron chi connectivity index (χ0n) is 6.68. The normalized spacial score (nSPS) is 10.4. The van der Waals surface area contributed by atoms with Crippen LogP contribution in [0.25, 0.3) is 6.08 Å². The van der Waals surface area contributed by atoms with Crippen LogP contribution < -0.4 is 0 Å². The summed E-state index contributed by atoms with van der Waals surface area (Å²) < 4.78 is 0.921. The van der Waals surface area contributed by atoms with Crippen molar-refractivity contribution in [3.63, 3.8) is 0 Å². The number of benzene rings is 1. The van der Waals surface area contributed by atoms with Crippen molar-refractivity contribution in [2.24, 2.45) is 0 Å². The smallest absolute Gasteiger partial charge is 0.0604 e. The van der Waals surface area contributed by atoms with E-state index >= 15 is 0 Å². The molecule has 0 aliphatic heterocycles. The molecule has 1 aromatic carbocycles. The Kier molecular flexibility index (Phi) is 4.78. The molecule has 0 aliphatic rings. The Morgan fingerprint density at radius 3 is 2.31 bits per heavy atom. The van der Waals surface area contributed by atoms with Crippen LogP contribution in [-0.2, 0) is 0 Å². The number of hydrogen-bond acceptors (Lipinski definition) is 0. The summed E-state index contributed by atoms with van der Waals surface area (Å²) in [5.74, 6) is 0. The summed E-state index contributed by atoms with van der Waals surface area (Å²) in [7, 11) is 0. The summed E-state index contributed by atoms with van der Waals surface area (Å²) in [6, 6.07) is 7.67. The van der Waals surface area contributed by atoms with Gasteiger partial charge in [0.1, 0.15) is 0 Å². The van der Waals surface area contributed by atoms with Gasteiger partial charge in [0.15, 0.2) is 0 Å². The lowest BCUT2D eigenvalue weighted by Crippen LogP contribution is -1.69. The van der Waals surface area contributed by atoms with Crippen molar-refractivity contribution < 1.29 is 0 Å². The fourth-order valence-electron chi connectivity index (χ4n) is 0.806.